The quantitative estimate of drug-likeness (QED) is 0.821. The van der Waals surface area contributed by atoms with Gasteiger partial charge < -0.3 is 10.2 Å². The van der Waals surface area contributed by atoms with E-state index in [9.17, 15) is 8.42 Å². The third-order valence-electron chi connectivity index (χ3n) is 2.95. The number of nitrogens with zero attached hydrogens (tertiary/aromatic N) is 2. The van der Waals surface area contributed by atoms with Gasteiger partial charge in [0.2, 0.25) is 10.0 Å². The van der Waals surface area contributed by atoms with E-state index in [4.69, 9.17) is 11.6 Å². The maximum Gasteiger partial charge on any atom is 0.242 e. The van der Waals surface area contributed by atoms with Gasteiger partial charge in [0.05, 0.1) is 4.90 Å². The minimum absolute atomic E-state index is 0.272. The maximum absolute atomic E-state index is 12.5. The van der Waals surface area contributed by atoms with Crippen molar-refractivity contribution in [1.29, 1.82) is 0 Å². The van der Waals surface area contributed by atoms with Crippen molar-refractivity contribution in [2.75, 3.05) is 41.3 Å². The third kappa shape index (κ3) is 4.43. The zero-order valence-corrected chi connectivity index (χ0v) is 13.9. The van der Waals surface area contributed by atoms with E-state index in [1.165, 1.54) is 4.31 Å². The zero-order valence-electron chi connectivity index (χ0n) is 12.4. The number of rotatable bonds is 7. The summed E-state index contributed by atoms with van der Waals surface area (Å²) >= 11 is 6.05. The Kier molecular flexibility index (Phi) is 6.42. The summed E-state index contributed by atoms with van der Waals surface area (Å²) in [6, 6.07) is 4.80. The standard InChI is InChI=1S/C13H22ClN3O2S/c1-15-10-11-9-12(5-6-13(11)14)20(18,19)17(4)8-7-16(2)3/h5-6,9,15H,7-8,10H2,1-4H3. The molecular weight excluding hydrogens is 298 g/mol. The molecule has 0 saturated carbocycles. The lowest BCUT2D eigenvalue weighted by Gasteiger charge is -2.20. The zero-order chi connectivity index (χ0) is 15.3. The summed E-state index contributed by atoms with van der Waals surface area (Å²) < 4.78 is 26.3. The van der Waals surface area contributed by atoms with Crippen molar-refractivity contribution in [2.45, 2.75) is 11.4 Å². The van der Waals surface area contributed by atoms with Crippen molar-refractivity contribution in [2.24, 2.45) is 0 Å². The van der Waals surface area contributed by atoms with Crippen LogP contribution in [0.5, 0.6) is 0 Å². The average molecular weight is 320 g/mol. The normalized spacial score (nSPS) is 12.3. The molecule has 0 aliphatic heterocycles. The summed E-state index contributed by atoms with van der Waals surface area (Å²) in [5.41, 5.74) is 0.774. The van der Waals surface area contributed by atoms with Gasteiger partial charge in [-0.25, -0.2) is 8.42 Å². The number of halogens is 1. The molecule has 0 spiro atoms. The summed E-state index contributed by atoms with van der Waals surface area (Å²) in [5.74, 6) is 0. The minimum atomic E-state index is -3.47. The highest BCUT2D eigenvalue weighted by molar-refractivity contribution is 7.89. The predicted octanol–water partition coefficient (Wildman–Crippen LogP) is 1.24. The van der Waals surface area contributed by atoms with Gasteiger partial charge in [-0.3, -0.25) is 0 Å². The molecule has 20 heavy (non-hydrogen) atoms. The second-order valence-electron chi connectivity index (χ2n) is 4.91. The fourth-order valence-electron chi connectivity index (χ4n) is 1.68. The van der Waals surface area contributed by atoms with Crippen LogP contribution in [0.2, 0.25) is 5.02 Å². The summed E-state index contributed by atoms with van der Waals surface area (Å²) in [5, 5.41) is 3.54. The topological polar surface area (TPSA) is 52.7 Å². The first-order valence-electron chi connectivity index (χ1n) is 6.33. The van der Waals surface area contributed by atoms with Gasteiger partial charge in [-0.2, -0.15) is 4.31 Å². The monoisotopic (exact) mass is 319 g/mol. The van der Waals surface area contributed by atoms with Crippen LogP contribution in [0.25, 0.3) is 0 Å². The first-order chi connectivity index (χ1) is 9.28. The summed E-state index contributed by atoms with van der Waals surface area (Å²) in [6.07, 6.45) is 0. The van der Waals surface area contributed by atoms with Crippen molar-refractivity contribution < 1.29 is 8.42 Å². The number of hydrogen-bond acceptors (Lipinski definition) is 4. The van der Waals surface area contributed by atoms with E-state index in [1.54, 1.807) is 32.3 Å². The van der Waals surface area contributed by atoms with Gasteiger partial charge in [0.25, 0.3) is 0 Å². The van der Waals surface area contributed by atoms with E-state index >= 15 is 0 Å². The first kappa shape index (κ1) is 17.4. The van der Waals surface area contributed by atoms with Crippen LogP contribution in [0.15, 0.2) is 23.1 Å². The van der Waals surface area contributed by atoms with Crippen molar-refractivity contribution >= 4 is 21.6 Å². The Morgan fingerprint density at radius 2 is 1.85 bits per heavy atom. The van der Waals surface area contributed by atoms with E-state index in [0.717, 1.165) is 5.56 Å². The molecule has 0 aliphatic carbocycles. The van der Waals surface area contributed by atoms with Crippen LogP contribution in [0.3, 0.4) is 0 Å². The molecule has 0 saturated heterocycles. The van der Waals surface area contributed by atoms with E-state index in [2.05, 4.69) is 5.32 Å². The predicted molar refractivity (Wildman–Crippen MR) is 82.6 cm³/mol. The van der Waals surface area contributed by atoms with Crippen molar-refractivity contribution in [3.8, 4) is 0 Å². The number of hydrogen-bond donors (Lipinski definition) is 1. The second-order valence-corrected chi connectivity index (χ2v) is 7.37. The minimum Gasteiger partial charge on any atom is -0.316 e. The molecule has 1 N–H and O–H groups in total. The molecule has 0 atom stereocenters. The molecule has 0 aliphatic rings. The first-order valence-corrected chi connectivity index (χ1v) is 8.15. The van der Waals surface area contributed by atoms with Crippen LogP contribution in [0.4, 0.5) is 0 Å². The van der Waals surface area contributed by atoms with Gasteiger partial charge in [-0.15, -0.1) is 0 Å². The van der Waals surface area contributed by atoms with Gasteiger partial charge in [0.15, 0.2) is 0 Å². The molecule has 0 amide bonds. The highest BCUT2D eigenvalue weighted by atomic mass is 35.5. The lowest BCUT2D eigenvalue weighted by molar-refractivity contribution is 0.358. The molecule has 0 bridgehead atoms. The Morgan fingerprint density at radius 3 is 2.40 bits per heavy atom. The Hall–Kier alpha value is -0.660. The Labute approximate surface area is 126 Å². The molecule has 114 valence electrons. The van der Waals surface area contributed by atoms with Gasteiger partial charge in [0.1, 0.15) is 0 Å². The van der Waals surface area contributed by atoms with Gasteiger partial charge in [0, 0.05) is 31.7 Å². The van der Waals surface area contributed by atoms with E-state index in [1.807, 2.05) is 19.0 Å². The molecule has 0 heterocycles. The molecule has 5 nitrogen and oxygen atoms in total. The number of sulfonamides is 1. The molecule has 0 unspecified atom stereocenters. The molecule has 7 heteroatoms. The summed E-state index contributed by atoms with van der Waals surface area (Å²) in [7, 11) is 3.73. The molecule has 1 aromatic carbocycles. The van der Waals surface area contributed by atoms with E-state index in [-0.39, 0.29) is 4.90 Å². The fourth-order valence-corrected chi connectivity index (χ4v) is 3.08. The largest absolute Gasteiger partial charge is 0.316 e. The number of nitrogens with one attached hydrogen (secondary N) is 1. The number of benzene rings is 1. The molecule has 1 rings (SSSR count). The van der Waals surface area contributed by atoms with E-state index < -0.39 is 10.0 Å². The van der Waals surface area contributed by atoms with Crippen molar-refractivity contribution in [3.05, 3.63) is 28.8 Å². The van der Waals surface area contributed by atoms with Gasteiger partial charge in [-0.1, -0.05) is 11.6 Å². The van der Waals surface area contributed by atoms with Crippen LogP contribution in [-0.4, -0.2) is 58.9 Å². The highest BCUT2D eigenvalue weighted by Gasteiger charge is 2.21. The lowest BCUT2D eigenvalue weighted by atomic mass is 10.2. The van der Waals surface area contributed by atoms with E-state index in [0.29, 0.717) is 24.7 Å². The summed E-state index contributed by atoms with van der Waals surface area (Å²) in [4.78, 5) is 2.22. The highest BCUT2D eigenvalue weighted by Crippen LogP contribution is 2.22. The average Bonchev–Trinajstić information content (AvgIpc) is 2.38. The van der Waals surface area contributed by atoms with Gasteiger partial charge >= 0.3 is 0 Å². The van der Waals surface area contributed by atoms with Crippen LogP contribution in [0, 0.1) is 0 Å². The van der Waals surface area contributed by atoms with Crippen molar-refractivity contribution in [1.82, 2.24) is 14.5 Å². The molecule has 0 aromatic heterocycles. The van der Waals surface area contributed by atoms with Crippen LogP contribution in [-0.2, 0) is 16.6 Å². The van der Waals surface area contributed by atoms with Crippen LogP contribution in [0.1, 0.15) is 5.56 Å². The molecule has 0 fully saturated rings. The SMILES string of the molecule is CNCc1cc(S(=O)(=O)N(C)CCN(C)C)ccc1Cl. The molecular formula is C13H22ClN3O2S. The second kappa shape index (κ2) is 7.38. The van der Waals surface area contributed by atoms with Gasteiger partial charge in [-0.05, 0) is 44.9 Å². The Bertz CT molecular complexity index is 547. The maximum atomic E-state index is 12.5. The van der Waals surface area contributed by atoms with Crippen molar-refractivity contribution in [3.63, 3.8) is 0 Å². The Balaban J connectivity index is 3.00. The Morgan fingerprint density at radius 1 is 1.20 bits per heavy atom. The smallest absolute Gasteiger partial charge is 0.242 e. The lowest BCUT2D eigenvalue weighted by Crippen LogP contribution is -2.33. The summed E-state index contributed by atoms with van der Waals surface area (Å²) in [6.45, 7) is 1.65. The van der Waals surface area contributed by atoms with Crippen LogP contribution >= 0.6 is 11.6 Å². The third-order valence-corrected chi connectivity index (χ3v) is 5.18. The van der Waals surface area contributed by atoms with Crippen LogP contribution < -0.4 is 5.32 Å². The molecule has 1 aromatic rings. The molecule has 0 radical (unpaired) electrons. The fraction of sp³-hybridized carbons (Fsp3) is 0.538. The number of likely N-dealkylation sites (N-methyl/N-ethyl adjacent to an activating group) is 2.